The summed E-state index contributed by atoms with van der Waals surface area (Å²) in [4.78, 5) is 0. The first-order valence-electron chi connectivity index (χ1n) is 4.30. The molecule has 1 aromatic carbocycles. The van der Waals surface area contributed by atoms with Gasteiger partial charge in [-0.1, -0.05) is 0 Å². The van der Waals surface area contributed by atoms with E-state index in [1.807, 2.05) is 38.1 Å². The summed E-state index contributed by atoms with van der Waals surface area (Å²) in [5.74, 6) is 0. The first-order chi connectivity index (χ1) is 5.77. The van der Waals surface area contributed by atoms with Gasteiger partial charge in [-0.05, 0) is 13.8 Å². The molecule has 0 N–H and O–H groups in total. The molecule has 1 aliphatic heterocycles. The van der Waals surface area contributed by atoms with Gasteiger partial charge in [-0.25, -0.2) is 6.07 Å². The van der Waals surface area contributed by atoms with E-state index < -0.39 is 0 Å². The van der Waals surface area contributed by atoms with E-state index in [0.29, 0.717) is 0 Å². The van der Waals surface area contributed by atoms with Crippen molar-refractivity contribution in [1.82, 2.24) is 0 Å². The Hall–Kier alpha value is -0.665. The zero-order chi connectivity index (χ0) is 8.55. The first kappa shape index (κ1) is 7.96. The van der Waals surface area contributed by atoms with Gasteiger partial charge in [0.2, 0.25) is 0 Å². The monoisotopic (exact) mass is 163 g/mol. The minimum atomic E-state index is -0.148. The van der Waals surface area contributed by atoms with Crippen molar-refractivity contribution in [2.24, 2.45) is 0 Å². The van der Waals surface area contributed by atoms with E-state index in [0.717, 1.165) is 5.46 Å². The van der Waals surface area contributed by atoms with Crippen molar-refractivity contribution in [1.29, 1.82) is 0 Å². The van der Waals surface area contributed by atoms with Crippen LogP contribution in [0.5, 0.6) is 0 Å². The summed E-state index contributed by atoms with van der Waals surface area (Å²) in [5, 5.41) is 0. The van der Waals surface area contributed by atoms with E-state index in [1.165, 1.54) is 0 Å². The summed E-state index contributed by atoms with van der Waals surface area (Å²) in [5.41, 5.74) is 1.12. The van der Waals surface area contributed by atoms with Crippen LogP contribution in [0.4, 0.5) is 0 Å². The topological polar surface area (TPSA) is 18.5 Å². The second-order valence-electron chi connectivity index (χ2n) is 3.23. The van der Waals surface area contributed by atoms with E-state index in [2.05, 4.69) is 0 Å². The Kier molecular flexibility index (Phi) is 1.99. The smallest absolute Gasteiger partial charge is 0.406 e. The molecule has 2 nitrogen and oxygen atoms in total. The summed E-state index contributed by atoms with van der Waals surface area (Å²) in [7, 11) is -0.148. The van der Waals surface area contributed by atoms with Crippen molar-refractivity contribution >= 4 is 12.6 Å². The van der Waals surface area contributed by atoms with Crippen LogP contribution >= 0.6 is 0 Å². The van der Waals surface area contributed by atoms with Gasteiger partial charge in [0, 0.05) is 0 Å². The van der Waals surface area contributed by atoms with Crippen LogP contribution in [0.3, 0.4) is 0 Å². The minimum absolute atomic E-state index is 0.148. The van der Waals surface area contributed by atoms with Crippen LogP contribution in [0.2, 0.25) is 0 Å². The maximum atomic E-state index is 5.60. The molecule has 1 heterocycles. The van der Waals surface area contributed by atoms with Gasteiger partial charge in [0.1, 0.15) is 0 Å². The molecule has 0 aliphatic carbocycles. The Balaban J connectivity index is 2.09. The second kappa shape index (κ2) is 3.00. The summed E-state index contributed by atoms with van der Waals surface area (Å²) >= 11 is 0. The Morgan fingerprint density at radius 3 is 2.50 bits per heavy atom. The van der Waals surface area contributed by atoms with E-state index >= 15 is 0 Å². The predicted molar refractivity (Wildman–Crippen MR) is 48.5 cm³/mol. The lowest BCUT2D eigenvalue weighted by molar-refractivity contribution is 0.187. The molecule has 2 atom stereocenters. The Labute approximate surface area is 73.0 Å². The van der Waals surface area contributed by atoms with Crippen LogP contribution in [-0.4, -0.2) is 19.3 Å². The molecular formula is C9H12BO2-. The molecule has 0 unspecified atom stereocenters. The molecule has 0 spiro atoms. The van der Waals surface area contributed by atoms with Crippen molar-refractivity contribution in [2.45, 2.75) is 26.1 Å². The highest BCUT2D eigenvalue weighted by Gasteiger charge is 2.31. The molecule has 1 saturated heterocycles. The molecule has 0 bridgehead atoms. The summed E-state index contributed by atoms with van der Waals surface area (Å²) < 4.78 is 11.2. The van der Waals surface area contributed by atoms with Crippen molar-refractivity contribution in [3.05, 3.63) is 24.3 Å². The zero-order valence-corrected chi connectivity index (χ0v) is 7.36. The van der Waals surface area contributed by atoms with Crippen molar-refractivity contribution in [2.75, 3.05) is 0 Å². The Morgan fingerprint density at radius 1 is 1.33 bits per heavy atom. The van der Waals surface area contributed by atoms with Crippen LogP contribution in [0, 0.1) is 0 Å². The average Bonchev–Trinajstić information content (AvgIpc) is 2.61. The standard InChI is InChI=1S/C9H12BO2/c1-7-8(2)12-10(11-7)9-5-3-4-6-9/h3-8H,1-2H3/q-1/t7-,8-/m1/s1. The largest absolute Gasteiger partial charge is 0.413 e. The fourth-order valence-corrected chi connectivity index (χ4v) is 1.35. The molecule has 1 fully saturated rings. The maximum absolute atomic E-state index is 5.60. The van der Waals surface area contributed by atoms with Crippen LogP contribution in [0.25, 0.3) is 0 Å². The molecule has 2 rings (SSSR count). The summed E-state index contributed by atoms with van der Waals surface area (Å²) in [6.45, 7) is 4.07. The van der Waals surface area contributed by atoms with Crippen LogP contribution in [-0.2, 0) is 9.31 Å². The lowest BCUT2D eigenvalue weighted by Gasteiger charge is -2.07. The van der Waals surface area contributed by atoms with Gasteiger partial charge in [-0.3, -0.25) is 0 Å². The van der Waals surface area contributed by atoms with E-state index in [-0.39, 0.29) is 19.3 Å². The average molecular weight is 163 g/mol. The van der Waals surface area contributed by atoms with Crippen molar-refractivity contribution in [3.8, 4) is 0 Å². The predicted octanol–water partition coefficient (Wildman–Crippen LogP) is 0.924. The van der Waals surface area contributed by atoms with E-state index in [4.69, 9.17) is 9.31 Å². The van der Waals surface area contributed by atoms with Crippen molar-refractivity contribution < 1.29 is 9.31 Å². The summed E-state index contributed by atoms with van der Waals surface area (Å²) in [6.07, 6.45) is 0.398. The quantitative estimate of drug-likeness (QED) is 0.452. The zero-order valence-electron chi connectivity index (χ0n) is 7.36. The van der Waals surface area contributed by atoms with Crippen LogP contribution in [0.15, 0.2) is 24.3 Å². The van der Waals surface area contributed by atoms with Gasteiger partial charge < -0.3 is 9.31 Å². The molecule has 0 saturated carbocycles. The molecule has 0 amide bonds. The van der Waals surface area contributed by atoms with Gasteiger partial charge in [0.05, 0.1) is 12.2 Å². The molecular weight excluding hydrogens is 151 g/mol. The lowest BCUT2D eigenvalue weighted by atomic mass is 9.81. The Bertz CT molecular complexity index is 235. The van der Waals surface area contributed by atoms with E-state index in [1.54, 1.807) is 0 Å². The molecule has 3 heteroatoms. The van der Waals surface area contributed by atoms with Crippen LogP contribution < -0.4 is 5.46 Å². The molecule has 12 heavy (non-hydrogen) atoms. The molecule has 0 aromatic heterocycles. The minimum Gasteiger partial charge on any atom is -0.413 e. The number of rotatable bonds is 1. The molecule has 1 aliphatic rings. The van der Waals surface area contributed by atoms with Crippen molar-refractivity contribution in [3.63, 3.8) is 0 Å². The third-order valence-corrected chi connectivity index (χ3v) is 2.30. The normalized spacial score (nSPS) is 29.7. The van der Waals surface area contributed by atoms with E-state index in [9.17, 15) is 0 Å². The van der Waals surface area contributed by atoms with Gasteiger partial charge in [0.15, 0.2) is 0 Å². The molecule has 1 aromatic rings. The van der Waals surface area contributed by atoms with Gasteiger partial charge in [-0.15, -0.1) is 0 Å². The van der Waals surface area contributed by atoms with Gasteiger partial charge in [-0.2, -0.15) is 23.7 Å². The maximum Gasteiger partial charge on any atom is 0.406 e. The summed E-state index contributed by atoms with van der Waals surface area (Å²) in [6, 6.07) is 8.04. The number of hydrogen-bond donors (Lipinski definition) is 0. The fraction of sp³-hybridized carbons (Fsp3) is 0.444. The SMILES string of the molecule is C[C@H]1OB(c2cc[cH-]c2)O[C@@H]1C. The highest BCUT2D eigenvalue weighted by molar-refractivity contribution is 6.61. The third-order valence-electron chi connectivity index (χ3n) is 2.30. The Morgan fingerprint density at radius 2 is 2.00 bits per heavy atom. The first-order valence-corrected chi connectivity index (χ1v) is 4.30. The third kappa shape index (κ3) is 1.30. The van der Waals surface area contributed by atoms with Gasteiger partial charge in [0.25, 0.3) is 0 Å². The number of hydrogen-bond acceptors (Lipinski definition) is 2. The fourth-order valence-electron chi connectivity index (χ4n) is 1.35. The molecule has 64 valence electrons. The molecule has 0 radical (unpaired) electrons. The van der Waals surface area contributed by atoms with Gasteiger partial charge >= 0.3 is 7.12 Å². The highest BCUT2D eigenvalue weighted by Crippen LogP contribution is 2.15. The lowest BCUT2D eigenvalue weighted by Crippen LogP contribution is -2.30. The highest BCUT2D eigenvalue weighted by atomic mass is 16.7. The van der Waals surface area contributed by atoms with Crippen LogP contribution in [0.1, 0.15) is 13.8 Å². The second-order valence-corrected chi connectivity index (χ2v) is 3.23.